The zero-order valence-electron chi connectivity index (χ0n) is 10.1. The van der Waals surface area contributed by atoms with Crippen molar-refractivity contribution in [3.05, 3.63) is 29.6 Å². The second kappa shape index (κ2) is 3.96. The first kappa shape index (κ1) is 10.5. The zero-order chi connectivity index (χ0) is 11.8. The summed E-state index contributed by atoms with van der Waals surface area (Å²) in [6.07, 6.45) is 4.83. The van der Waals surface area contributed by atoms with Crippen molar-refractivity contribution in [2.45, 2.75) is 25.9 Å². The van der Waals surface area contributed by atoms with E-state index in [4.69, 9.17) is 0 Å². The number of aryl methyl sites for hydroxylation is 2. The minimum Gasteiger partial charge on any atom is -0.312 e. The second-order valence-electron chi connectivity index (χ2n) is 4.31. The number of nitrogens with zero attached hydrogens (tertiary/aromatic N) is 5. The lowest BCUT2D eigenvalue weighted by Gasteiger charge is -2.24. The molecule has 0 spiro atoms. The minimum absolute atomic E-state index is 0.116. The van der Waals surface area contributed by atoms with Crippen LogP contribution in [0.15, 0.2) is 12.4 Å². The Morgan fingerprint density at radius 2 is 2.35 bits per heavy atom. The van der Waals surface area contributed by atoms with Crippen LogP contribution < -0.4 is 5.32 Å². The van der Waals surface area contributed by atoms with Gasteiger partial charge < -0.3 is 9.88 Å². The average molecular weight is 232 g/mol. The van der Waals surface area contributed by atoms with Gasteiger partial charge in [0.1, 0.15) is 5.82 Å². The third-order valence-corrected chi connectivity index (χ3v) is 3.17. The van der Waals surface area contributed by atoms with Gasteiger partial charge in [-0.05, 0) is 0 Å². The Morgan fingerprint density at radius 1 is 1.47 bits per heavy atom. The average Bonchev–Trinajstić information content (AvgIpc) is 2.94. The molecule has 6 heteroatoms. The largest absolute Gasteiger partial charge is 0.312 e. The summed E-state index contributed by atoms with van der Waals surface area (Å²) in [5.74, 6) is 2.07. The third-order valence-electron chi connectivity index (χ3n) is 3.17. The summed E-state index contributed by atoms with van der Waals surface area (Å²) in [5.41, 5.74) is 1.14. The van der Waals surface area contributed by atoms with E-state index < -0.39 is 0 Å². The van der Waals surface area contributed by atoms with Crippen LogP contribution >= 0.6 is 0 Å². The molecular formula is C11H16N6. The molecule has 0 aliphatic carbocycles. The van der Waals surface area contributed by atoms with E-state index in [1.165, 1.54) is 0 Å². The Morgan fingerprint density at radius 3 is 3.06 bits per heavy atom. The van der Waals surface area contributed by atoms with Gasteiger partial charge in [-0.3, -0.25) is 4.68 Å². The van der Waals surface area contributed by atoms with Gasteiger partial charge in [-0.2, -0.15) is 5.10 Å². The molecule has 1 atom stereocenters. The number of nitrogens with one attached hydrogen (secondary N) is 1. The summed E-state index contributed by atoms with van der Waals surface area (Å²) in [5, 5.41) is 16.2. The number of aromatic nitrogens is 5. The van der Waals surface area contributed by atoms with Crippen LogP contribution in [0, 0.1) is 0 Å². The highest BCUT2D eigenvalue weighted by Crippen LogP contribution is 2.23. The molecule has 0 aromatic carbocycles. The van der Waals surface area contributed by atoms with Gasteiger partial charge in [0.25, 0.3) is 0 Å². The van der Waals surface area contributed by atoms with Crippen LogP contribution in [0.5, 0.6) is 0 Å². The van der Waals surface area contributed by atoms with Gasteiger partial charge in [0.2, 0.25) is 0 Å². The smallest absolute Gasteiger partial charge is 0.154 e. The first-order valence-electron chi connectivity index (χ1n) is 5.93. The molecule has 0 radical (unpaired) electrons. The van der Waals surface area contributed by atoms with Crippen LogP contribution in [0.25, 0.3) is 0 Å². The predicted molar refractivity (Wildman–Crippen MR) is 62.5 cm³/mol. The maximum absolute atomic E-state index is 4.31. The third kappa shape index (κ3) is 1.64. The molecule has 1 unspecified atom stereocenters. The monoisotopic (exact) mass is 232 g/mol. The van der Waals surface area contributed by atoms with Crippen molar-refractivity contribution in [1.82, 2.24) is 29.9 Å². The van der Waals surface area contributed by atoms with Crippen LogP contribution in [0.4, 0.5) is 0 Å². The number of hydrogen-bond acceptors (Lipinski definition) is 4. The van der Waals surface area contributed by atoms with Gasteiger partial charge in [-0.15, -0.1) is 10.2 Å². The lowest BCUT2D eigenvalue weighted by molar-refractivity contribution is 0.448. The normalized spacial score (nSPS) is 19.3. The Bertz CT molecular complexity index is 526. The highest BCUT2D eigenvalue weighted by molar-refractivity contribution is 5.21. The van der Waals surface area contributed by atoms with E-state index in [0.717, 1.165) is 36.7 Å². The van der Waals surface area contributed by atoms with Gasteiger partial charge in [-0.25, -0.2) is 0 Å². The molecule has 17 heavy (non-hydrogen) atoms. The summed E-state index contributed by atoms with van der Waals surface area (Å²) >= 11 is 0. The molecule has 0 saturated carbocycles. The van der Waals surface area contributed by atoms with Crippen molar-refractivity contribution in [3.8, 4) is 0 Å². The molecule has 0 saturated heterocycles. The van der Waals surface area contributed by atoms with Gasteiger partial charge >= 0.3 is 0 Å². The van der Waals surface area contributed by atoms with Gasteiger partial charge in [0.15, 0.2) is 5.82 Å². The Kier molecular flexibility index (Phi) is 2.44. The van der Waals surface area contributed by atoms with Crippen LogP contribution in [0.1, 0.15) is 30.2 Å². The Hall–Kier alpha value is -1.69. The van der Waals surface area contributed by atoms with Gasteiger partial charge in [0, 0.05) is 38.3 Å². The van der Waals surface area contributed by atoms with Crippen LogP contribution in [0.3, 0.4) is 0 Å². The van der Waals surface area contributed by atoms with Crippen molar-refractivity contribution < 1.29 is 0 Å². The predicted octanol–water partition coefficient (Wildman–Crippen LogP) is 0.267. The first-order valence-corrected chi connectivity index (χ1v) is 5.93. The molecule has 0 bridgehead atoms. The fourth-order valence-electron chi connectivity index (χ4n) is 2.34. The Labute approximate surface area is 99.7 Å². The minimum atomic E-state index is 0.116. The molecule has 0 fully saturated rings. The van der Waals surface area contributed by atoms with E-state index in [9.17, 15) is 0 Å². The maximum Gasteiger partial charge on any atom is 0.154 e. The van der Waals surface area contributed by atoms with Crippen molar-refractivity contribution in [3.63, 3.8) is 0 Å². The molecular weight excluding hydrogens is 216 g/mol. The fraction of sp³-hybridized carbons (Fsp3) is 0.545. The van der Waals surface area contributed by atoms with E-state index in [1.54, 1.807) is 0 Å². The molecule has 2 aromatic heterocycles. The molecule has 3 rings (SSSR count). The maximum atomic E-state index is 4.31. The topological polar surface area (TPSA) is 60.6 Å². The fourth-order valence-corrected chi connectivity index (χ4v) is 2.34. The molecule has 90 valence electrons. The van der Waals surface area contributed by atoms with E-state index >= 15 is 0 Å². The SMILES string of the molecule is CCc1nnc2n1CCNC2c1cnn(C)c1. The second-order valence-corrected chi connectivity index (χ2v) is 4.31. The number of rotatable bonds is 2. The van der Waals surface area contributed by atoms with E-state index in [-0.39, 0.29) is 6.04 Å². The van der Waals surface area contributed by atoms with Crippen molar-refractivity contribution in [2.24, 2.45) is 7.05 Å². The highest BCUT2D eigenvalue weighted by Gasteiger charge is 2.26. The van der Waals surface area contributed by atoms with E-state index in [2.05, 4.69) is 32.1 Å². The number of hydrogen-bond donors (Lipinski definition) is 1. The van der Waals surface area contributed by atoms with E-state index in [1.807, 2.05) is 24.1 Å². The van der Waals surface area contributed by atoms with E-state index in [0.29, 0.717) is 0 Å². The molecule has 1 N–H and O–H groups in total. The molecule has 1 aliphatic heterocycles. The van der Waals surface area contributed by atoms with Crippen LogP contribution in [-0.2, 0) is 20.0 Å². The summed E-state index contributed by atoms with van der Waals surface area (Å²) in [6, 6.07) is 0.116. The molecule has 2 aromatic rings. The standard InChI is InChI=1S/C11H16N6/c1-3-9-14-15-11-10(12-4-5-17(9)11)8-6-13-16(2)7-8/h6-7,10,12H,3-5H2,1-2H3. The van der Waals surface area contributed by atoms with Crippen LogP contribution in [0.2, 0.25) is 0 Å². The molecule has 3 heterocycles. The summed E-state index contributed by atoms with van der Waals surface area (Å²) in [4.78, 5) is 0. The highest BCUT2D eigenvalue weighted by atomic mass is 15.3. The zero-order valence-corrected chi connectivity index (χ0v) is 10.1. The first-order chi connectivity index (χ1) is 8.29. The lowest BCUT2D eigenvalue weighted by Crippen LogP contribution is -2.34. The quantitative estimate of drug-likeness (QED) is 0.807. The lowest BCUT2D eigenvalue weighted by atomic mass is 10.1. The molecule has 0 amide bonds. The molecule has 6 nitrogen and oxygen atoms in total. The summed E-state index contributed by atoms with van der Waals surface area (Å²) < 4.78 is 4.03. The van der Waals surface area contributed by atoms with Crippen molar-refractivity contribution in [1.29, 1.82) is 0 Å². The summed E-state index contributed by atoms with van der Waals surface area (Å²) in [6.45, 7) is 4.00. The van der Waals surface area contributed by atoms with Gasteiger partial charge in [-0.1, -0.05) is 6.92 Å². The summed E-state index contributed by atoms with van der Waals surface area (Å²) in [7, 11) is 1.93. The van der Waals surface area contributed by atoms with Crippen molar-refractivity contribution >= 4 is 0 Å². The van der Waals surface area contributed by atoms with Crippen molar-refractivity contribution in [2.75, 3.05) is 6.54 Å². The van der Waals surface area contributed by atoms with Gasteiger partial charge in [0.05, 0.1) is 12.2 Å². The Balaban J connectivity index is 2.02. The molecule has 1 aliphatic rings. The number of fused-ring (bicyclic) bond motifs is 1. The van der Waals surface area contributed by atoms with Crippen LogP contribution in [-0.4, -0.2) is 31.1 Å².